The molecule has 0 spiro atoms. The first-order valence-corrected chi connectivity index (χ1v) is 5.48. The highest BCUT2D eigenvalue weighted by atomic mass is 14.1. The van der Waals surface area contributed by atoms with E-state index < -0.39 is 0 Å². The van der Waals surface area contributed by atoms with Crippen LogP contribution in [0.25, 0.3) is 0 Å². The molecule has 0 saturated carbocycles. The molecule has 0 saturated heterocycles. The van der Waals surface area contributed by atoms with E-state index in [9.17, 15) is 0 Å². The Hall–Kier alpha value is -1.30. The molecule has 1 rings (SSSR count). The zero-order valence-corrected chi connectivity index (χ0v) is 10.2. The second-order valence-corrected chi connectivity index (χ2v) is 4.18. The molecule has 0 aromatic heterocycles. The van der Waals surface area contributed by atoms with Crippen LogP contribution < -0.4 is 0 Å². The summed E-state index contributed by atoms with van der Waals surface area (Å²) in [4.78, 5) is 0. The van der Waals surface area contributed by atoms with Crippen LogP contribution in [0.2, 0.25) is 0 Å². The van der Waals surface area contributed by atoms with E-state index >= 15 is 0 Å². The van der Waals surface area contributed by atoms with Gasteiger partial charge in [-0.3, -0.25) is 0 Å². The largest absolute Gasteiger partial charge is 0.0877 e. The lowest BCUT2D eigenvalue weighted by molar-refractivity contribution is 1.12. The second-order valence-electron chi connectivity index (χ2n) is 4.18. The minimum atomic E-state index is 1.05. The van der Waals surface area contributed by atoms with Gasteiger partial charge in [0.2, 0.25) is 0 Å². The second kappa shape index (κ2) is 5.55. The van der Waals surface area contributed by atoms with Crippen LogP contribution in [0.1, 0.15) is 34.1 Å². The maximum Gasteiger partial charge on any atom is -0.00608 e. The van der Waals surface area contributed by atoms with Crippen molar-refractivity contribution in [1.82, 2.24) is 0 Å². The predicted octanol–water partition coefficient (Wildman–Crippen LogP) is 4.73. The lowest BCUT2D eigenvalue weighted by Crippen LogP contribution is -1.89. The van der Waals surface area contributed by atoms with Gasteiger partial charge in [0.05, 0.1) is 0 Å². The highest BCUT2D eigenvalue weighted by Gasteiger charge is 2.06. The molecule has 0 radical (unpaired) electrons. The maximum atomic E-state index is 2.22. The van der Waals surface area contributed by atoms with Crippen LogP contribution in [0.15, 0.2) is 58.7 Å². The zero-order chi connectivity index (χ0) is 11.3. The van der Waals surface area contributed by atoms with Gasteiger partial charge in [0, 0.05) is 0 Å². The van der Waals surface area contributed by atoms with Gasteiger partial charge < -0.3 is 0 Å². The SMILES string of the molecule is C/C=C\C=C1\CC(C)=CC=CC1=C(C)C. The van der Waals surface area contributed by atoms with Gasteiger partial charge in [0.25, 0.3) is 0 Å². The van der Waals surface area contributed by atoms with Gasteiger partial charge in [-0.25, -0.2) is 0 Å². The first-order valence-electron chi connectivity index (χ1n) is 5.48. The van der Waals surface area contributed by atoms with Crippen molar-refractivity contribution in [2.75, 3.05) is 0 Å². The molecule has 0 amide bonds. The van der Waals surface area contributed by atoms with Gasteiger partial charge in [-0.15, -0.1) is 0 Å². The van der Waals surface area contributed by atoms with Crippen molar-refractivity contribution in [1.29, 1.82) is 0 Å². The molecule has 0 unspecified atom stereocenters. The summed E-state index contributed by atoms with van der Waals surface area (Å²) in [6.45, 7) is 8.57. The van der Waals surface area contributed by atoms with E-state index in [0.717, 1.165) is 6.42 Å². The van der Waals surface area contributed by atoms with Crippen molar-refractivity contribution >= 4 is 0 Å². The molecule has 0 aromatic carbocycles. The van der Waals surface area contributed by atoms with Crippen LogP contribution in [-0.4, -0.2) is 0 Å². The van der Waals surface area contributed by atoms with E-state index in [1.165, 1.54) is 22.3 Å². The Morgan fingerprint density at radius 2 is 2.07 bits per heavy atom. The molecular weight excluding hydrogens is 180 g/mol. The third kappa shape index (κ3) is 3.39. The smallest absolute Gasteiger partial charge is 0.00608 e. The van der Waals surface area contributed by atoms with Crippen LogP contribution in [0.5, 0.6) is 0 Å². The predicted molar refractivity (Wildman–Crippen MR) is 68.8 cm³/mol. The van der Waals surface area contributed by atoms with E-state index in [1.807, 2.05) is 0 Å². The molecule has 0 fully saturated rings. The fourth-order valence-electron chi connectivity index (χ4n) is 1.72. The van der Waals surface area contributed by atoms with Crippen LogP contribution in [0, 0.1) is 0 Å². The molecule has 1 aliphatic carbocycles. The molecule has 0 heteroatoms. The summed E-state index contributed by atoms with van der Waals surface area (Å²) in [6, 6.07) is 0. The Bertz CT molecular complexity index is 367. The molecule has 0 nitrogen and oxygen atoms in total. The highest BCUT2D eigenvalue weighted by Crippen LogP contribution is 2.26. The topological polar surface area (TPSA) is 0 Å². The molecule has 1 aliphatic rings. The van der Waals surface area contributed by atoms with Crippen LogP contribution >= 0.6 is 0 Å². The molecular formula is C15H20. The van der Waals surface area contributed by atoms with Crippen molar-refractivity contribution in [3.63, 3.8) is 0 Å². The number of hydrogen-bond donors (Lipinski definition) is 0. The quantitative estimate of drug-likeness (QED) is 0.574. The lowest BCUT2D eigenvalue weighted by atomic mass is 9.97. The summed E-state index contributed by atoms with van der Waals surface area (Å²) in [5, 5.41) is 0. The van der Waals surface area contributed by atoms with E-state index in [2.05, 4.69) is 64.2 Å². The van der Waals surface area contributed by atoms with Crippen LogP contribution in [0.3, 0.4) is 0 Å². The molecule has 0 aromatic rings. The normalized spacial score (nSPS) is 19.6. The van der Waals surface area contributed by atoms with Crippen LogP contribution in [-0.2, 0) is 0 Å². The fraction of sp³-hybridized carbons (Fsp3) is 0.333. The highest BCUT2D eigenvalue weighted by molar-refractivity contribution is 5.48. The summed E-state index contributed by atoms with van der Waals surface area (Å²) < 4.78 is 0. The summed E-state index contributed by atoms with van der Waals surface area (Å²) in [7, 11) is 0. The van der Waals surface area contributed by atoms with Crippen LogP contribution in [0.4, 0.5) is 0 Å². The van der Waals surface area contributed by atoms with E-state index in [4.69, 9.17) is 0 Å². The molecule has 0 N–H and O–H groups in total. The van der Waals surface area contributed by atoms with E-state index in [-0.39, 0.29) is 0 Å². The monoisotopic (exact) mass is 200 g/mol. The van der Waals surface area contributed by atoms with Gasteiger partial charge in [-0.1, -0.05) is 47.6 Å². The lowest BCUT2D eigenvalue weighted by Gasteiger charge is -2.08. The molecule has 15 heavy (non-hydrogen) atoms. The molecule has 0 aliphatic heterocycles. The molecule has 0 bridgehead atoms. The van der Waals surface area contributed by atoms with Gasteiger partial charge in [0.1, 0.15) is 0 Å². The molecule has 80 valence electrons. The Kier molecular flexibility index (Phi) is 4.36. The first-order chi connectivity index (χ1) is 7.15. The summed E-state index contributed by atoms with van der Waals surface area (Å²) in [5.41, 5.74) is 5.58. The van der Waals surface area contributed by atoms with E-state index in [1.54, 1.807) is 0 Å². The van der Waals surface area contributed by atoms with Gasteiger partial charge in [-0.2, -0.15) is 0 Å². The minimum Gasteiger partial charge on any atom is -0.0877 e. The van der Waals surface area contributed by atoms with Crippen molar-refractivity contribution in [2.45, 2.75) is 34.1 Å². The van der Waals surface area contributed by atoms with E-state index in [0.29, 0.717) is 0 Å². The van der Waals surface area contributed by atoms with Crippen molar-refractivity contribution in [2.24, 2.45) is 0 Å². The molecule has 0 heterocycles. The summed E-state index contributed by atoms with van der Waals surface area (Å²) in [6.07, 6.45) is 14.0. The van der Waals surface area contributed by atoms with Gasteiger partial charge >= 0.3 is 0 Å². The Balaban J connectivity index is 3.13. The average Bonchev–Trinajstić information content (AvgIpc) is 2.36. The Morgan fingerprint density at radius 3 is 2.67 bits per heavy atom. The third-order valence-corrected chi connectivity index (χ3v) is 2.49. The number of rotatable bonds is 1. The van der Waals surface area contributed by atoms with Gasteiger partial charge in [-0.05, 0) is 45.3 Å². The minimum absolute atomic E-state index is 1.05. The molecule has 0 atom stereocenters. The standard InChI is InChI=1S/C15H20/c1-5-6-9-14-11-13(4)8-7-10-15(14)12(2)3/h5-10H,11H2,1-4H3/b6-5-,14-9-. The number of allylic oxidation sites excluding steroid dienone is 10. The third-order valence-electron chi connectivity index (χ3n) is 2.49. The first kappa shape index (κ1) is 11.8. The average molecular weight is 200 g/mol. The summed E-state index contributed by atoms with van der Waals surface area (Å²) >= 11 is 0. The maximum absolute atomic E-state index is 2.22. The van der Waals surface area contributed by atoms with Crippen molar-refractivity contribution in [3.8, 4) is 0 Å². The summed E-state index contributed by atoms with van der Waals surface area (Å²) in [5.74, 6) is 0. The Labute approximate surface area is 93.4 Å². The fourth-order valence-corrected chi connectivity index (χ4v) is 1.72. The van der Waals surface area contributed by atoms with Gasteiger partial charge in [0.15, 0.2) is 0 Å². The number of hydrogen-bond acceptors (Lipinski definition) is 0. The Morgan fingerprint density at radius 1 is 1.33 bits per heavy atom. The van der Waals surface area contributed by atoms with Crippen molar-refractivity contribution < 1.29 is 0 Å². The zero-order valence-electron chi connectivity index (χ0n) is 10.2. The van der Waals surface area contributed by atoms with Crippen molar-refractivity contribution in [3.05, 3.63) is 58.7 Å².